The summed E-state index contributed by atoms with van der Waals surface area (Å²) in [6.45, 7) is 1.91. The molecule has 0 bridgehead atoms. The zero-order valence-corrected chi connectivity index (χ0v) is 21.4. The second-order valence-electron chi connectivity index (χ2n) is 7.64. The van der Waals surface area contributed by atoms with E-state index in [9.17, 15) is 9.65 Å². The molecule has 0 aliphatic heterocycles. The summed E-state index contributed by atoms with van der Waals surface area (Å²) in [5.41, 5.74) is 4.84. The Labute approximate surface area is 223 Å². The van der Waals surface area contributed by atoms with E-state index in [-0.39, 0.29) is 27.3 Å². The Bertz CT molecular complexity index is 1630. The van der Waals surface area contributed by atoms with Crippen molar-refractivity contribution in [3.05, 3.63) is 84.9 Å². The first-order valence-corrected chi connectivity index (χ1v) is 12.3. The van der Waals surface area contributed by atoms with Crippen molar-refractivity contribution in [1.82, 2.24) is 25.4 Å². The number of hydrogen-bond acceptors (Lipinski definition) is 8. The Balaban J connectivity index is 1.64. The molecule has 8 nitrogen and oxygen atoms in total. The molecule has 0 fully saturated rings. The number of rotatable bonds is 6. The number of pyridine rings is 1. The van der Waals surface area contributed by atoms with Crippen LogP contribution in [0.4, 0.5) is 21.5 Å². The highest BCUT2D eigenvalue weighted by atomic mass is 35.5. The molecular weight excluding hydrogens is 546 g/mol. The molecule has 36 heavy (non-hydrogen) atoms. The van der Waals surface area contributed by atoms with Gasteiger partial charge in [-0.05, 0) is 31.2 Å². The Kier molecular flexibility index (Phi) is 6.64. The molecule has 5 aromatic rings. The lowest BCUT2D eigenvalue weighted by atomic mass is 10.1. The Morgan fingerprint density at radius 3 is 2.69 bits per heavy atom. The summed E-state index contributed by atoms with van der Waals surface area (Å²) in [6, 6.07) is 8.11. The lowest BCUT2D eigenvalue weighted by molar-refractivity contribution is 0.632. The molecule has 3 N–H and O–H groups in total. The molecule has 0 aliphatic carbocycles. The average Bonchev–Trinajstić information content (AvgIpc) is 3.55. The monoisotopic (exact) mass is 558 g/mol. The van der Waals surface area contributed by atoms with Crippen LogP contribution in [0, 0.1) is 24.1 Å². The molecule has 1 atom stereocenters. The minimum Gasteiger partial charge on any atom is -0.372 e. The first kappa shape index (κ1) is 24.2. The van der Waals surface area contributed by atoms with Crippen molar-refractivity contribution < 1.29 is 4.39 Å². The number of halogens is 4. The molecule has 0 aliphatic rings. The highest BCUT2D eigenvalue weighted by Gasteiger charge is 2.23. The number of fused-ring (bicyclic) bond motifs is 1. The van der Waals surface area contributed by atoms with Crippen LogP contribution in [-0.4, -0.2) is 25.4 Å². The quantitative estimate of drug-likeness (QED) is 0.191. The number of benzene rings is 2. The number of hydrogen-bond donors (Lipinski definition) is 3. The van der Waals surface area contributed by atoms with Gasteiger partial charge in [-0.15, -0.1) is 16.4 Å². The van der Waals surface area contributed by atoms with Crippen LogP contribution in [0.15, 0.2) is 42.2 Å². The van der Waals surface area contributed by atoms with Gasteiger partial charge in [-0.1, -0.05) is 40.0 Å². The second-order valence-corrected chi connectivity index (χ2v) is 9.72. The maximum absolute atomic E-state index is 14.8. The van der Waals surface area contributed by atoms with Crippen LogP contribution < -0.4 is 10.6 Å². The second kappa shape index (κ2) is 9.87. The topological polar surface area (TPSA) is 115 Å². The van der Waals surface area contributed by atoms with Crippen LogP contribution in [-0.2, 0) is 0 Å². The van der Waals surface area contributed by atoms with Crippen molar-refractivity contribution in [3.8, 4) is 6.07 Å². The van der Waals surface area contributed by atoms with Gasteiger partial charge in [0.2, 0.25) is 0 Å². The summed E-state index contributed by atoms with van der Waals surface area (Å²) in [6.07, 6.45) is 3.06. The summed E-state index contributed by atoms with van der Waals surface area (Å²) < 4.78 is 14.8. The predicted octanol–water partition coefficient (Wildman–Crippen LogP) is 7.03. The highest BCUT2D eigenvalue weighted by Crippen LogP contribution is 2.39. The summed E-state index contributed by atoms with van der Waals surface area (Å²) in [5, 5.41) is 27.5. The van der Waals surface area contributed by atoms with E-state index in [1.54, 1.807) is 23.8 Å². The number of nitrogens with zero attached hydrogens (tertiary/aromatic N) is 5. The highest BCUT2D eigenvalue weighted by molar-refractivity contribution is 7.09. The maximum Gasteiger partial charge on any atom is 0.166 e. The molecule has 0 amide bonds. The molecule has 0 saturated carbocycles. The molecule has 0 saturated heterocycles. The molecule has 0 unspecified atom stereocenters. The van der Waals surface area contributed by atoms with Gasteiger partial charge >= 0.3 is 0 Å². The van der Waals surface area contributed by atoms with E-state index in [1.165, 1.54) is 29.7 Å². The molecule has 180 valence electrons. The molecule has 5 rings (SSSR count). The molecule has 0 radical (unpaired) electrons. The normalized spacial score (nSPS) is 11.9. The fourth-order valence-corrected chi connectivity index (χ4v) is 5.14. The van der Waals surface area contributed by atoms with Gasteiger partial charge in [0, 0.05) is 23.5 Å². The number of nitrogens with one attached hydrogen (secondary N) is 3. The van der Waals surface area contributed by atoms with Gasteiger partial charge in [-0.2, -0.15) is 5.26 Å². The minimum absolute atomic E-state index is 0.0450. The Hall–Kier alpha value is -3.49. The van der Waals surface area contributed by atoms with Crippen molar-refractivity contribution in [3.63, 3.8) is 0 Å². The summed E-state index contributed by atoms with van der Waals surface area (Å²) in [7, 11) is 0. The maximum atomic E-state index is 14.8. The molecule has 3 aromatic heterocycles. The van der Waals surface area contributed by atoms with E-state index >= 15 is 0 Å². The number of thiazole rings is 1. The van der Waals surface area contributed by atoms with Crippen molar-refractivity contribution >= 4 is 74.1 Å². The van der Waals surface area contributed by atoms with E-state index in [1.807, 2.05) is 6.92 Å². The van der Waals surface area contributed by atoms with Crippen LogP contribution in [0.3, 0.4) is 0 Å². The van der Waals surface area contributed by atoms with Gasteiger partial charge in [0.15, 0.2) is 5.82 Å². The largest absolute Gasteiger partial charge is 0.372 e. The smallest absolute Gasteiger partial charge is 0.166 e. The Morgan fingerprint density at radius 1 is 1.17 bits per heavy atom. The molecule has 0 spiro atoms. The van der Waals surface area contributed by atoms with Crippen LogP contribution in [0.2, 0.25) is 15.1 Å². The van der Waals surface area contributed by atoms with Gasteiger partial charge in [-0.25, -0.2) is 9.37 Å². The van der Waals surface area contributed by atoms with E-state index < -0.39 is 5.82 Å². The predicted molar refractivity (Wildman–Crippen MR) is 140 cm³/mol. The summed E-state index contributed by atoms with van der Waals surface area (Å²) >= 11 is 20.0. The van der Waals surface area contributed by atoms with E-state index in [4.69, 9.17) is 34.8 Å². The van der Waals surface area contributed by atoms with Crippen molar-refractivity contribution in [2.45, 2.75) is 13.0 Å². The van der Waals surface area contributed by atoms with Gasteiger partial charge in [0.05, 0.1) is 53.6 Å². The third-order valence-electron chi connectivity index (χ3n) is 5.43. The Morgan fingerprint density at radius 2 is 2.00 bits per heavy atom. The molecular formula is C23H14Cl3FN8S. The number of anilines is 3. The number of H-pyrrole nitrogens is 1. The first-order valence-electron chi connectivity index (χ1n) is 10.3. The molecule has 2 aromatic carbocycles. The lowest BCUT2D eigenvalue weighted by Gasteiger charge is -2.19. The number of aryl methyl sites for hydroxylation is 1. The average molecular weight is 560 g/mol. The van der Waals surface area contributed by atoms with Crippen LogP contribution in [0.1, 0.15) is 27.9 Å². The van der Waals surface area contributed by atoms with Crippen LogP contribution in [0.5, 0.6) is 0 Å². The SMILES string of the molecule is Cc1ncsc1[C@H](Nc1cc(Cl)c2ncc(C#N)c(Nc3ccc(Cl)c(Cl)c3F)c2c1)c1c[nH]nn1. The van der Waals surface area contributed by atoms with E-state index in [0.717, 1.165) is 10.6 Å². The van der Waals surface area contributed by atoms with Crippen LogP contribution >= 0.6 is 46.1 Å². The van der Waals surface area contributed by atoms with Crippen molar-refractivity contribution in [1.29, 1.82) is 5.26 Å². The third kappa shape index (κ3) is 4.42. The van der Waals surface area contributed by atoms with Crippen LogP contribution in [0.25, 0.3) is 10.9 Å². The first-order chi connectivity index (χ1) is 17.4. The summed E-state index contributed by atoms with van der Waals surface area (Å²) in [5.74, 6) is -0.745. The molecule has 13 heteroatoms. The van der Waals surface area contributed by atoms with Gasteiger partial charge in [0.25, 0.3) is 0 Å². The number of aromatic nitrogens is 5. The zero-order valence-electron chi connectivity index (χ0n) is 18.3. The van der Waals surface area contributed by atoms with Gasteiger partial charge in [-0.3, -0.25) is 10.1 Å². The number of nitriles is 1. The zero-order chi connectivity index (χ0) is 25.4. The van der Waals surface area contributed by atoms with Crippen molar-refractivity contribution in [2.24, 2.45) is 0 Å². The van der Waals surface area contributed by atoms with Gasteiger partial charge < -0.3 is 10.6 Å². The fraction of sp³-hybridized carbons (Fsp3) is 0.0870. The van der Waals surface area contributed by atoms with Gasteiger partial charge in [0.1, 0.15) is 17.8 Å². The van der Waals surface area contributed by atoms with E-state index in [2.05, 4.69) is 42.1 Å². The standard InChI is InChI=1S/C23H14Cl3FN8S/c1-10-23(36-9-30-10)22(17-8-31-35-34-17)32-12-4-13-20(11(6-28)7-29-21(13)15(25)5-12)33-16-3-2-14(24)18(26)19(16)27/h2-5,7-9,22,32H,1H3,(H,29,33)(H,31,34,35)/t22-/m1/s1. The lowest BCUT2D eigenvalue weighted by Crippen LogP contribution is -2.13. The summed E-state index contributed by atoms with van der Waals surface area (Å²) in [4.78, 5) is 9.63. The minimum atomic E-state index is -0.745. The molecule has 3 heterocycles. The number of aromatic amines is 1. The van der Waals surface area contributed by atoms with E-state index in [0.29, 0.717) is 33.0 Å². The third-order valence-corrected chi connectivity index (χ3v) is 7.49. The fourth-order valence-electron chi connectivity index (χ4n) is 3.70. The van der Waals surface area contributed by atoms with Crippen molar-refractivity contribution in [2.75, 3.05) is 10.6 Å².